The topological polar surface area (TPSA) is 83.8 Å². The Morgan fingerprint density at radius 2 is 2.23 bits per heavy atom. The van der Waals surface area contributed by atoms with Crippen LogP contribution in [-0.2, 0) is 14.3 Å². The van der Waals surface area contributed by atoms with Gasteiger partial charge in [0.1, 0.15) is 0 Å². The zero-order valence-corrected chi connectivity index (χ0v) is 7.48. The summed E-state index contributed by atoms with van der Waals surface area (Å²) in [4.78, 5) is 21.8. The number of carbonyl (C=O) groups is 2. The van der Waals surface area contributed by atoms with Crippen molar-refractivity contribution in [3.8, 4) is 0 Å². The van der Waals surface area contributed by atoms with Crippen molar-refractivity contribution in [3.63, 3.8) is 0 Å². The van der Waals surface area contributed by atoms with E-state index in [2.05, 4.69) is 0 Å². The van der Waals surface area contributed by atoms with Gasteiger partial charge in [0.25, 0.3) is 0 Å². The van der Waals surface area contributed by atoms with Gasteiger partial charge < -0.3 is 14.9 Å². The Hall–Kier alpha value is -1.10. The monoisotopic (exact) mass is 188 g/mol. The lowest BCUT2D eigenvalue weighted by Gasteiger charge is -2.25. The van der Waals surface area contributed by atoms with Gasteiger partial charge in [-0.25, -0.2) is 9.59 Å². The molecule has 3 unspecified atom stereocenters. The minimum atomic E-state index is -1.55. The van der Waals surface area contributed by atoms with E-state index in [9.17, 15) is 14.7 Å². The molecule has 1 saturated heterocycles. The lowest BCUT2D eigenvalue weighted by Crippen LogP contribution is -2.44. The first kappa shape index (κ1) is 9.98. The van der Waals surface area contributed by atoms with Crippen LogP contribution in [0.25, 0.3) is 0 Å². The molecule has 13 heavy (non-hydrogen) atoms. The highest BCUT2D eigenvalue weighted by Crippen LogP contribution is 2.35. The number of cyclic esters (lactones) is 1. The van der Waals surface area contributed by atoms with E-state index in [1.165, 1.54) is 6.92 Å². The first-order valence-electron chi connectivity index (χ1n) is 4.10. The maximum atomic E-state index is 10.9. The fourth-order valence-corrected chi connectivity index (χ4v) is 1.58. The summed E-state index contributed by atoms with van der Waals surface area (Å²) in [5, 5.41) is 18.1. The summed E-state index contributed by atoms with van der Waals surface area (Å²) in [6.07, 6.45) is -1.16. The normalized spacial score (nSPS) is 38.8. The van der Waals surface area contributed by atoms with Gasteiger partial charge in [0.05, 0.1) is 0 Å². The van der Waals surface area contributed by atoms with Crippen molar-refractivity contribution < 1.29 is 24.5 Å². The number of aliphatic hydroxyl groups is 1. The average Bonchev–Trinajstić information content (AvgIpc) is 2.30. The number of hydrogen-bond donors (Lipinski definition) is 2. The largest absolute Gasteiger partial charge is 0.478 e. The molecule has 0 radical (unpaired) electrons. The van der Waals surface area contributed by atoms with Crippen LogP contribution in [0.2, 0.25) is 0 Å². The van der Waals surface area contributed by atoms with Crippen molar-refractivity contribution >= 4 is 11.9 Å². The average molecular weight is 188 g/mol. The van der Waals surface area contributed by atoms with Gasteiger partial charge in [-0.15, -0.1) is 0 Å². The molecule has 74 valence electrons. The number of aliphatic hydroxyl groups excluding tert-OH is 1. The minimum Gasteiger partial charge on any atom is -0.478 e. The van der Waals surface area contributed by atoms with Gasteiger partial charge in [0.2, 0.25) is 5.60 Å². The molecule has 1 aliphatic rings. The van der Waals surface area contributed by atoms with Gasteiger partial charge in [-0.1, -0.05) is 13.8 Å². The number of ether oxygens (including phenoxy) is 1. The van der Waals surface area contributed by atoms with Gasteiger partial charge in [0, 0.05) is 5.92 Å². The van der Waals surface area contributed by atoms with Gasteiger partial charge in [-0.2, -0.15) is 0 Å². The molecule has 0 amide bonds. The third-order valence-corrected chi connectivity index (χ3v) is 2.62. The molecular formula is C8H12O5. The Balaban J connectivity index is 3.03. The van der Waals surface area contributed by atoms with Crippen molar-refractivity contribution in [2.24, 2.45) is 5.92 Å². The van der Waals surface area contributed by atoms with Crippen molar-refractivity contribution in [1.82, 2.24) is 0 Å². The number of rotatable bonds is 2. The second-order valence-electron chi connectivity index (χ2n) is 3.20. The predicted octanol–water partition coefficient (Wildman–Crippen LogP) is -0.226. The van der Waals surface area contributed by atoms with E-state index < -0.39 is 29.6 Å². The Morgan fingerprint density at radius 1 is 1.69 bits per heavy atom. The molecule has 5 nitrogen and oxygen atoms in total. The van der Waals surface area contributed by atoms with E-state index >= 15 is 0 Å². The van der Waals surface area contributed by atoms with E-state index in [1.807, 2.05) is 0 Å². The summed E-state index contributed by atoms with van der Waals surface area (Å²) in [6, 6.07) is 0. The summed E-state index contributed by atoms with van der Waals surface area (Å²) in [6.45, 7) is 3.10. The summed E-state index contributed by atoms with van der Waals surface area (Å²) in [5.41, 5.74) is -1.55. The Labute approximate surface area is 75.3 Å². The van der Waals surface area contributed by atoms with Crippen LogP contribution in [0.3, 0.4) is 0 Å². The molecule has 0 spiro atoms. The Kier molecular flexibility index (Phi) is 2.30. The molecule has 1 rings (SSSR count). The maximum Gasteiger partial charge on any atom is 0.348 e. The molecule has 0 bridgehead atoms. The summed E-state index contributed by atoms with van der Waals surface area (Å²) in [5.74, 6) is -2.76. The molecule has 5 heteroatoms. The van der Waals surface area contributed by atoms with Crippen LogP contribution in [0, 0.1) is 5.92 Å². The summed E-state index contributed by atoms with van der Waals surface area (Å²) in [7, 11) is 0. The molecule has 0 aliphatic carbocycles. The third kappa shape index (κ3) is 1.19. The Bertz CT molecular complexity index is 249. The van der Waals surface area contributed by atoms with Crippen LogP contribution in [0.5, 0.6) is 0 Å². The van der Waals surface area contributed by atoms with E-state index in [-0.39, 0.29) is 6.42 Å². The number of carboxylic acid groups (broad SMARTS) is 1. The van der Waals surface area contributed by atoms with Gasteiger partial charge in [-0.3, -0.25) is 0 Å². The molecule has 0 aromatic rings. The fourth-order valence-electron chi connectivity index (χ4n) is 1.58. The molecule has 3 atom stereocenters. The van der Waals surface area contributed by atoms with Crippen LogP contribution in [0.4, 0.5) is 0 Å². The zero-order chi connectivity index (χ0) is 10.2. The minimum absolute atomic E-state index is 0.159. The van der Waals surface area contributed by atoms with Crippen molar-refractivity contribution in [1.29, 1.82) is 0 Å². The number of hydrogen-bond acceptors (Lipinski definition) is 4. The quantitative estimate of drug-likeness (QED) is 0.585. The highest BCUT2D eigenvalue weighted by atomic mass is 16.6. The number of carbonyl (C=O) groups excluding carboxylic acids is 1. The van der Waals surface area contributed by atoms with Gasteiger partial charge in [-0.05, 0) is 6.42 Å². The molecule has 2 N–H and O–H groups in total. The number of carboxylic acids is 1. The first-order valence-corrected chi connectivity index (χ1v) is 4.10. The van der Waals surface area contributed by atoms with Crippen LogP contribution >= 0.6 is 0 Å². The molecule has 0 saturated carbocycles. The van der Waals surface area contributed by atoms with E-state index in [0.717, 1.165) is 0 Å². The number of esters is 1. The van der Waals surface area contributed by atoms with Crippen LogP contribution in [0.1, 0.15) is 20.3 Å². The Morgan fingerprint density at radius 3 is 2.38 bits per heavy atom. The van der Waals surface area contributed by atoms with Crippen molar-refractivity contribution in [3.05, 3.63) is 0 Å². The molecule has 0 aromatic carbocycles. The van der Waals surface area contributed by atoms with Crippen molar-refractivity contribution in [2.45, 2.75) is 32.0 Å². The lowest BCUT2D eigenvalue weighted by atomic mass is 9.85. The summed E-state index contributed by atoms with van der Waals surface area (Å²) >= 11 is 0. The predicted molar refractivity (Wildman–Crippen MR) is 41.9 cm³/mol. The van der Waals surface area contributed by atoms with E-state index in [1.54, 1.807) is 6.92 Å². The van der Waals surface area contributed by atoms with Crippen LogP contribution in [0.15, 0.2) is 0 Å². The summed E-state index contributed by atoms with van der Waals surface area (Å²) < 4.78 is 4.70. The maximum absolute atomic E-state index is 10.9. The van der Waals surface area contributed by atoms with Crippen molar-refractivity contribution in [2.75, 3.05) is 0 Å². The molecular weight excluding hydrogens is 176 g/mol. The SMILES string of the molecule is CCC1(C(=O)O)OC(=O)C(O)C1C. The zero-order valence-electron chi connectivity index (χ0n) is 7.48. The smallest absolute Gasteiger partial charge is 0.348 e. The second kappa shape index (κ2) is 2.99. The molecule has 1 aliphatic heterocycles. The fraction of sp³-hybridized carbons (Fsp3) is 0.750. The molecule has 0 aromatic heterocycles. The highest BCUT2D eigenvalue weighted by Gasteiger charge is 2.57. The van der Waals surface area contributed by atoms with Gasteiger partial charge in [0.15, 0.2) is 6.10 Å². The van der Waals surface area contributed by atoms with E-state index in [0.29, 0.717) is 0 Å². The molecule has 1 fully saturated rings. The standard InChI is InChI=1S/C8H12O5/c1-3-8(7(11)12)4(2)5(9)6(10)13-8/h4-5,9H,3H2,1-2H3,(H,11,12). The van der Waals surface area contributed by atoms with Crippen LogP contribution in [-0.4, -0.2) is 33.9 Å². The van der Waals surface area contributed by atoms with Crippen LogP contribution < -0.4 is 0 Å². The highest BCUT2D eigenvalue weighted by molar-refractivity contribution is 5.88. The van der Waals surface area contributed by atoms with E-state index in [4.69, 9.17) is 9.84 Å². The lowest BCUT2D eigenvalue weighted by molar-refractivity contribution is -0.172. The third-order valence-electron chi connectivity index (χ3n) is 2.62. The van der Waals surface area contributed by atoms with Gasteiger partial charge >= 0.3 is 11.9 Å². The number of aliphatic carboxylic acids is 1. The molecule has 1 heterocycles. The first-order chi connectivity index (χ1) is 5.95. The second-order valence-corrected chi connectivity index (χ2v) is 3.20.